The molecule has 2 amide bonds. The lowest BCUT2D eigenvalue weighted by Gasteiger charge is -2.08. The molecule has 1 aromatic heterocycles. The van der Waals surface area contributed by atoms with E-state index < -0.39 is 0 Å². The van der Waals surface area contributed by atoms with Gasteiger partial charge in [-0.25, -0.2) is 0 Å². The van der Waals surface area contributed by atoms with Crippen molar-refractivity contribution in [1.82, 2.24) is 15.8 Å². The fraction of sp³-hybridized carbons (Fsp3) is 0.353. The van der Waals surface area contributed by atoms with Gasteiger partial charge in [0, 0.05) is 18.2 Å². The lowest BCUT2D eigenvalue weighted by molar-refractivity contribution is -0.125. The van der Waals surface area contributed by atoms with Crippen molar-refractivity contribution in [1.29, 1.82) is 0 Å². The summed E-state index contributed by atoms with van der Waals surface area (Å²) in [6.45, 7) is 4.58. The van der Waals surface area contributed by atoms with E-state index in [1.807, 2.05) is 44.2 Å². The number of nitrogens with zero attached hydrogens (tertiary/aromatic N) is 1. The van der Waals surface area contributed by atoms with Crippen LogP contribution in [-0.4, -0.2) is 30.1 Å². The molecule has 23 heavy (non-hydrogen) atoms. The first-order valence-corrected chi connectivity index (χ1v) is 7.59. The summed E-state index contributed by atoms with van der Waals surface area (Å²) in [6, 6.07) is 11.3. The largest absolute Gasteiger partial charge is 0.356 e. The number of hydrogen-bond acceptors (Lipinski definition) is 4. The average molecular weight is 315 g/mol. The molecule has 0 saturated heterocycles. The smallest absolute Gasteiger partial charge is 0.239 e. The van der Waals surface area contributed by atoms with E-state index in [4.69, 9.17) is 4.52 Å². The molecule has 1 heterocycles. The number of aromatic nitrogens is 1. The maximum atomic E-state index is 11.8. The Bertz CT molecular complexity index is 650. The topological polar surface area (TPSA) is 84.2 Å². The summed E-state index contributed by atoms with van der Waals surface area (Å²) in [4.78, 5) is 23.4. The van der Waals surface area contributed by atoms with Gasteiger partial charge in [-0.1, -0.05) is 49.3 Å². The SMILES string of the molecule is CC(C)CNC(=O)CNC(=O)Cc1cc(-c2ccccc2)on1. The third-order valence-corrected chi connectivity index (χ3v) is 3.11. The molecule has 2 aromatic rings. The molecule has 0 radical (unpaired) electrons. The van der Waals surface area contributed by atoms with Crippen molar-refractivity contribution in [3.8, 4) is 11.3 Å². The number of hydrogen-bond donors (Lipinski definition) is 2. The van der Waals surface area contributed by atoms with Crippen LogP contribution in [0.3, 0.4) is 0 Å². The van der Waals surface area contributed by atoms with Gasteiger partial charge in [0.1, 0.15) is 0 Å². The lowest BCUT2D eigenvalue weighted by atomic mass is 10.1. The van der Waals surface area contributed by atoms with Gasteiger partial charge in [0.15, 0.2) is 5.76 Å². The highest BCUT2D eigenvalue weighted by Crippen LogP contribution is 2.19. The van der Waals surface area contributed by atoms with Crippen molar-refractivity contribution in [3.63, 3.8) is 0 Å². The van der Waals surface area contributed by atoms with Gasteiger partial charge in [-0.3, -0.25) is 9.59 Å². The van der Waals surface area contributed by atoms with Crippen LogP contribution >= 0.6 is 0 Å². The molecule has 6 heteroatoms. The Morgan fingerprint density at radius 2 is 1.87 bits per heavy atom. The van der Waals surface area contributed by atoms with Crippen LogP contribution < -0.4 is 10.6 Å². The molecule has 0 atom stereocenters. The number of rotatable bonds is 7. The van der Waals surface area contributed by atoms with Gasteiger partial charge in [-0.2, -0.15) is 0 Å². The monoisotopic (exact) mass is 315 g/mol. The van der Waals surface area contributed by atoms with Crippen molar-refractivity contribution >= 4 is 11.8 Å². The molecule has 6 nitrogen and oxygen atoms in total. The molecular formula is C17H21N3O3. The van der Waals surface area contributed by atoms with Crippen molar-refractivity contribution in [3.05, 3.63) is 42.1 Å². The van der Waals surface area contributed by atoms with Gasteiger partial charge in [-0.05, 0) is 5.92 Å². The zero-order valence-corrected chi connectivity index (χ0v) is 13.3. The van der Waals surface area contributed by atoms with Gasteiger partial charge in [0.25, 0.3) is 0 Å². The highest BCUT2D eigenvalue weighted by Gasteiger charge is 2.11. The molecule has 2 N–H and O–H groups in total. The summed E-state index contributed by atoms with van der Waals surface area (Å²) >= 11 is 0. The van der Waals surface area contributed by atoms with Crippen LogP contribution in [0.1, 0.15) is 19.5 Å². The molecule has 2 rings (SSSR count). The number of nitrogens with one attached hydrogen (secondary N) is 2. The first-order valence-electron chi connectivity index (χ1n) is 7.59. The Morgan fingerprint density at radius 3 is 2.57 bits per heavy atom. The van der Waals surface area contributed by atoms with Crippen LogP contribution in [0.2, 0.25) is 0 Å². The molecule has 0 aliphatic carbocycles. The minimum Gasteiger partial charge on any atom is -0.356 e. The molecule has 0 saturated carbocycles. The zero-order valence-electron chi connectivity index (χ0n) is 13.3. The number of benzene rings is 1. The van der Waals surface area contributed by atoms with E-state index in [1.54, 1.807) is 6.07 Å². The van der Waals surface area contributed by atoms with E-state index in [2.05, 4.69) is 15.8 Å². The molecular weight excluding hydrogens is 294 g/mol. The highest BCUT2D eigenvalue weighted by atomic mass is 16.5. The van der Waals surface area contributed by atoms with E-state index in [0.29, 0.717) is 23.9 Å². The predicted molar refractivity (Wildman–Crippen MR) is 86.5 cm³/mol. The van der Waals surface area contributed by atoms with Crippen LogP contribution in [0.4, 0.5) is 0 Å². The predicted octanol–water partition coefficient (Wildman–Crippen LogP) is 1.77. The molecule has 1 aromatic carbocycles. The summed E-state index contributed by atoms with van der Waals surface area (Å²) in [5.41, 5.74) is 1.43. The number of carbonyl (C=O) groups excluding carboxylic acids is 2. The van der Waals surface area contributed by atoms with E-state index >= 15 is 0 Å². The van der Waals surface area contributed by atoms with Crippen molar-refractivity contribution in [2.45, 2.75) is 20.3 Å². The average Bonchev–Trinajstić information content (AvgIpc) is 3.00. The fourth-order valence-electron chi connectivity index (χ4n) is 1.92. The standard InChI is InChI=1S/C17H21N3O3/c1-12(2)10-18-17(22)11-19-16(21)9-14-8-15(23-20-14)13-6-4-3-5-7-13/h3-8,12H,9-11H2,1-2H3,(H,18,22)(H,19,21). The maximum Gasteiger partial charge on any atom is 0.239 e. The van der Waals surface area contributed by atoms with Crippen LogP contribution in [0.5, 0.6) is 0 Å². The molecule has 0 unspecified atom stereocenters. The minimum absolute atomic E-state index is 0.0328. The van der Waals surface area contributed by atoms with E-state index in [1.165, 1.54) is 0 Å². The normalized spacial score (nSPS) is 10.6. The van der Waals surface area contributed by atoms with E-state index in [0.717, 1.165) is 5.56 Å². The van der Waals surface area contributed by atoms with E-state index in [9.17, 15) is 9.59 Å². The van der Waals surface area contributed by atoms with Gasteiger partial charge < -0.3 is 15.2 Å². The molecule has 0 fully saturated rings. The van der Waals surface area contributed by atoms with E-state index in [-0.39, 0.29) is 24.8 Å². The van der Waals surface area contributed by atoms with Gasteiger partial charge in [-0.15, -0.1) is 0 Å². The van der Waals surface area contributed by atoms with Crippen LogP contribution in [-0.2, 0) is 16.0 Å². The molecule has 0 bridgehead atoms. The summed E-state index contributed by atoms with van der Waals surface area (Å²) in [6.07, 6.45) is 0.0772. The summed E-state index contributed by atoms with van der Waals surface area (Å²) in [7, 11) is 0. The summed E-state index contributed by atoms with van der Waals surface area (Å²) < 4.78 is 5.23. The first kappa shape index (κ1) is 16.7. The van der Waals surface area contributed by atoms with Crippen LogP contribution in [0.25, 0.3) is 11.3 Å². The second-order valence-electron chi connectivity index (χ2n) is 5.70. The third-order valence-electron chi connectivity index (χ3n) is 3.11. The second kappa shape index (κ2) is 8.12. The van der Waals surface area contributed by atoms with Crippen LogP contribution in [0, 0.1) is 5.92 Å². The van der Waals surface area contributed by atoms with Gasteiger partial charge in [0.2, 0.25) is 11.8 Å². The fourth-order valence-corrected chi connectivity index (χ4v) is 1.92. The van der Waals surface area contributed by atoms with Crippen LogP contribution in [0.15, 0.2) is 40.9 Å². The minimum atomic E-state index is -0.266. The maximum absolute atomic E-state index is 11.8. The number of carbonyl (C=O) groups is 2. The molecule has 0 spiro atoms. The summed E-state index contributed by atoms with van der Waals surface area (Å²) in [5.74, 6) is 0.527. The Morgan fingerprint density at radius 1 is 1.13 bits per heavy atom. The third kappa shape index (κ3) is 5.58. The first-order chi connectivity index (χ1) is 11.0. The van der Waals surface area contributed by atoms with Crippen molar-refractivity contribution in [2.75, 3.05) is 13.1 Å². The summed E-state index contributed by atoms with van der Waals surface area (Å²) in [5, 5.41) is 9.19. The Labute approximate surface area is 135 Å². The highest BCUT2D eigenvalue weighted by molar-refractivity contribution is 5.85. The van der Waals surface area contributed by atoms with Gasteiger partial charge >= 0.3 is 0 Å². The Hall–Kier alpha value is -2.63. The second-order valence-corrected chi connectivity index (χ2v) is 5.70. The van der Waals surface area contributed by atoms with Crippen molar-refractivity contribution in [2.24, 2.45) is 5.92 Å². The van der Waals surface area contributed by atoms with Crippen molar-refractivity contribution < 1.29 is 14.1 Å². The van der Waals surface area contributed by atoms with Gasteiger partial charge in [0.05, 0.1) is 18.7 Å². The Balaban J connectivity index is 1.80. The molecule has 0 aliphatic heterocycles. The Kier molecular flexibility index (Phi) is 5.91. The molecule has 122 valence electrons. The number of amides is 2. The molecule has 0 aliphatic rings. The lowest BCUT2D eigenvalue weighted by Crippen LogP contribution is -2.38. The zero-order chi connectivity index (χ0) is 16.7. The quantitative estimate of drug-likeness (QED) is 0.815.